The van der Waals surface area contributed by atoms with Crippen molar-refractivity contribution in [3.63, 3.8) is 0 Å². The van der Waals surface area contributed by atoms with Gasteiger partial charge in [-0.25, -0.2) is 0 Å². The van der Waals surface area contributed by atoms with Crippen molar-refractivity contribution in [1.29, 1.82) is 0 Å². The van der Waals surface area contributed by atoms with E-state index < -0.39 is 0 Å². The molecule has 0 saturated heterocycles. The number of rotatable bonds is 6. The van der Waals surface area contributed by atoms with Crippen LogP contribution in [-0.2, 0) is 11.3 Å². The lowest BCUT2D eigenvalue weighted by molar-refractivity contribution is -0.123. The first-order chi connectivity index (χ1) is 11.0. The van der Waals surface area contributed by atoms with Crippen molar-refractivity contribution >= 4 is 34.3 Å². The van der Waals surface area contributed by atoms with Crippen molar-refractivity contribution in [2.45, 2.75) is 20.4 Å². The lowest BCUT2D eigenvalue weighted by Gasteiger charge is -2.08. The summed E-state index contributed by atoms with van der Waals surface area (Å²) in [5.41, 5.74) is 1.97. The van der Waals surface area contributed by atoms with Crippen molar-refractivity contribution in [2.24, 2.45) is 0 Å². The van der Waals surface area contributed by atoms with Gasteiger partial charge >= 0.3 is 0 Å². The third kappa shape index (κ3) is 5.31. The van der Waals surface area contributed by atoms with Gasteiger partial charge in [-0.2, -0.15) is 0 Å². The van der Waals surface area contributed by atoms with Crippen LogP contribution in [0.4, 0.5) is 0 Å². The van der Waals surface area contributed by atoms with Crippen molar-refractivity contribution in [2.75, 3.05) is 6.61 Å². The lowest BCUT2D eigenvalue weighted by Crippen LogP contribution is -2.28. The van der Waals surface area contributed by atoms with E-state index in [1.807, 2.05) is 24.3 Å². The summed E-state index contributed by atoms with van der Waals surface area (Å²) < 4.78 is 6.51. The fourth-order valence-electron chi connectivity index (χ4n) is 2.00. The van der Waals surface area contributed by atoms with Crippen LogP contribution in [0, 0.1) is 10.5 Å². The maximum Gasteiger partial charge on any atom is 0.258 e. The molecule has 1 aromatic heterocycles. The van der Waals surface area contributed by atoms with Crippen LogP contribution in [0.15, 0.2) is 36.4 Å². The van der Waals surface area contributed by atoms with Gasteiger partial charge in [0.2, 0.25) is 0 Å². The third-order valence-corrected chi connectivity index (χ3v) is 3.89. The van der Waals surface area contributed by atoms with Gasteiger partial charge in [0.1, 0.15) is 5.75 Å². The number of ketones is 1. The molecule has 1 aromatic carbocycles. The predicted molar refractivity (Wildman–Crippen MR) is 95.5 cm³/mol. The van der Waals surface area contributed by atoms with Crippen molar-refractivity contribution in [1.82, 2.24) is 10.3 Å². The number of ether oxygens (including phenoxy) is 1. The van der Waals surface area contributed by atoms with Gasteiger partial charge < -0.3 is 10.1 Å². The van der Waals surface area contributed by atoms with Gasteiger partial charge in [-0.15, -0.1) is 0 Å². The Bertz CT molecular complexity index is 714. The number of hydrogen-bond acceptors (Lipinski definition) is 4. The highest BCUT2D eigenvalue weighted by molar-refractivity contribution is 14.1. The van der Waals surface area contributed by atoms with Crippen LogP contribution in [0.2, 0.25) is 0 Å². The van der Waals surface area contributed by atoms with Crippen molar-refractivity contribution < 1.29 is 14.3 Å². The molecule has 0 aliphatic carbocycles. The molecule has 0 unspecified atom stereocenters. The van der Waals surface area contributed by atoms with E-state index in [1.165, 1.54) is 6.92 Å². The second-order valence-corrected chi connectivity index (χ2v) is 6.26. The number of carbonyl (C=O) groups is 2. The number of amides is 1. The smallest absolute Gasteiger partial charge is 0.258 e. The predicted octanol–water partition coefficient (Wildman–Crippen LogP) is 2.89. The number of nitrogens with one attached hydrogen (secondary N) is 1. The van der Waals surface area contributed by atoms with Gasteiger partial charge in [-0.05, 0) is 72.8 Å². The first kappa shape index (κ1) is 17.4. The summed E-state index contributed by atoms with van der Waals surface area (Å²) in [5, 5.41) is 2.74. The summed E-state index contributed by atoms with van der Waals surface area (Å²) in [4.78, 5) is 27.5. The molecule has 0 saturated carbocycles. The average molecular weight is 424 g/mol. The molecular weight excluding hydrogens is 407 g/mol. The minimum Gasteiger partial charge on any atom is -0.484 e. The minimum absolute atomic E-state index is 0.0171. The lowest BCUT2D eigenvalue weighted by atomic mass is 10.1. The molecule has 5 nitrogen and oxygen atoms in total. The monoisotopic (exact) mass is 424 g/mol. The van der Waals surface area contributed by atoms with Gasteiger partial charge in [0, 0.05) is 14.8 Å². The normalized spacial score (nSPS) is 10.2. The number of nitrogens with zero attached hydrogens (tertiary/aromatic N) is 1. The third-order valence-electron chi connectivity index (χ3n) is 3.17. The number of Topliss-reactive ketones (excluding diaryl/α,β-unsaturated/α-hetero) is 1. The topological polar surface area (TPSA) is 68.3 Å². The van der Waals surface area contributed by atoms with Crippen LogP contribution in [0.3, 0.4) is 0 Å². The molecule has 0 bridgehead atoms. The van der Waals surface area contributed by atoms with E-state index in [0.717, 1.165) is 3.57 Å². The zero-order chi connectivity index (χ0) is 16.8. The molecule has 23 heavy (non-hydrogen) atoms. The average Bonchev–Trinajstić information content (AvgIpc) is 2.52. The molecule has 2 rings (SSSR count). The van der Waals surface area contributed by atoms with Gasteiger partial charge in [0.25, 0.3) is 5.91 Å². The maximum absolute atomic E-state index is 11.8. The first-order valence-electron chi connectivity index (χ1n) is 7.08. The first-order valence-corrected chi connectivity index (χ1v) is 8.16. The molecule has 0 spiro atoms. The van der Waals surface area contributed by atoms with Crippen LogP contribution < -0.4 is 10.1 Å². The molecule has 0 radical (unpaired) electrons. The fraction of sp³-hybridized carbons (Fsp3) is 0.235. The molecule has 1 heterocycles. The van der Waals surface area contributed by atoms with Crippen LogP contribution in [-0.4, -0.2) is 23.3 Å². The number of hydrogen-bond donors (Lipinski definition) is 1. The zero-order valence-electron chi connectivity index (χ0n) is 12.9. The van der Waals surface area contributed by atoms with Crippen LogP contribution in [0.5, 0.6) is 5.75 Å². The molecule has 0 aliphatic rings. The summed E-state index contributed by atoms with van der Waals surface area (Å²) in [6, 6.07) is 10.9. The summed E-state index contributed by atoms with van der Waals surface area (Å²) >= 11 is 2.20. The largest absolute Gasteiger partial charge is 0.484 e. The number of benzene rings is 1. The molecule has 0 aliphatic heterocycles. The highest BCUT2D eigenvalue weighted by Gasteiger charge is 2.07. The highest BCUT2D eigenvalue weighted by atomic mass is 127. The molecule has 0 fully saturated rings. The van der Waals surface area contributed by atoms with E-state index in [4.69, 9.17) is 4.74 Å². The Morgan fingerprint density at radius 1 is 1.17 bits per heavy atom. The Labute approximate surface area is 148 Å². The van der Waals surface area contributed by atoms with Crippen LogP contribution in [0.1, 0.15) is 28.7 Å². The Kier molecular flexibility index (Phi) is 6.09. The summed E-state index contributed by atoms with van der Waals surface area (Å²) in [6.07, 6.45) is 0. The zero-order valence-corrected chi connectivity index (χ0v) is 15.1. The Morgan fingerprint density at radius 3 is 2.48 bits per heavy atom. The molecular formula is C17H17IN2O3. The van der Waals surface area contributed by atoms with E-state index in [-0.39, 0.29) is 18.3 Å². The number of aryl methyl sites for hydroxylation is 1. The van der Waals surface area contributed by atoms with Crippen LogP contribution in [0.25, 0.3) is 0 Å². The second kappa shape index (κ2) is 8.05. The van der Waals surface area contributed by atoms with Gasteiger partial charge in [0.05, 0.1) is 12.2 Å². The summed E-state index contributed by atoms with van der Waals surface area (Å²) in [5.74, 6) is 0.413. The van der Waals surface area contributed by atoms with Crippen molar-refractivity contribution in [3.05, 3.63) is 56.9 Å². The molecule has 6 heteroatoms. The number of pyridine rings is 1. The van der Waals surface area contributed by atoms with E-state index >= 15 is 0 Å². The van der Waals surface area contributed by atoms with E-state index in [1.54, 1.807) is 19.1 Å². The molecule has 1 amide bonds. The Morgan fingerprint density at radius 2 is 1.87 bits per heavy atom. The number of aromatic nitrogens is 1. The molecule has 0 atom stereocenters. The highest BCUT2D eigenvalue weighted by Crippen LogP contribution is 2.13. The molecule has 120 valence electrons. The van der Waals surface area contributed by atoms with E-state index in [9.17, 15) is 9.59 Å². The maximum atomic E-state index is 11.8. The van der Waals surface area contributed by atoms with Gasteiger partial charge in [0.15, 0.2) is 12.4 Å². The summed E-state index contributed by atoms with van der Waals surface area (Å²) in [7, 11) is 0. The van der Waals surface area contributed by atoms with E-state index in [2.05, 4.69) is 32.9 Å². The minimum atomic E-state index is -0.223. The van der Waals surface area contributed by atoms with Gasteiger partial charge in [-0.1, -0.05) is 0 Å². The number of carbonyl (C=O) groups excluding carboxylic acids is 2. The Balaban J connectivity index is 1.83. The second-order valence-electron chi connectivity index (χ2n) is 5.01. The SMILES string of the molecule is CC(=O)c1ccc(CNC(=O)COc2ccc(I)cc2)nc1C. The molecule has 1 N–H and O–H groups in total. The fourth-order valence-corrected chi connectivity index (χ4v) is 2.36. The standard InChI is InChI=1S/C17H17IN2O3/c1-11-16(12(2)21)8-5-14(20-11)9-19-17(22)10-23-15-6-3-13(18)4-7-15/h3-8H,9-10H2,1-2H3,(H,19,22). The van der Waals surface area contributed by atoms with Gasteiger partial charge in [-0.3, -0.25) is 14.6 Å². The Hall–Kier alpha value is -1.96. The molecule has 2 aromatic rings. The quantitative estimate of drug-likeness (QED) is 0.572. The summed E-state index contributed by atoms with van der Waals surface area (Å²) in [6.45, 7) is 3.54. The van der Waals surface area contributed by atoms with Crippen molar-refractivity contribution in [3.8, 4) is 5.75 Å². The van der Waals surface area contributed by atoms with Crippen LogP contribution >= 0.6 is 22.6 Å². The number of halogens is 1. The van der Waals surface area contributed by atoms with E-state index in [0.29, 0.717) is 29.2 Å².